The number of para-hydroxylation sites is 2. The second-order valence-electron chi connectivity index (χ2n) is 7.31. The van der Waals surface area contributed by atoms with Gasteiger partial charge >= 0.3 is 0 Å². The van der Waals surface area contributed by atoms with E-state index in [1.165, 1.54) is 28.9 Å². The topological polar surface area (TPSA) is 45.6 Å². The number of aromatic nitrogens is 1. The third-order valence-corrected chi connectivity index (χ3v) is 7.83. The lowest BCUT2D eigenvalue weighted by atomic mass is 10.1. The van der Waals surface area contributed by atoms with E-state index in [2.05, 4.69) is 15.9 Å². The SMILES string of the molecule is O=S(=O)(c1cc(Cl)ccc1Cl)n1cccc1N1CCN(C2CC2)c2ccccc21. The molecule has 150 valence electrons. The quantitative estimate of drug-likeness (QED) is 0.554. The average molecular weight is 448 g/mol. The number of hydrogen-bond acceptors (Lipinski definition) is 4. The van der Waals surface area contributed by atoms with Crippen LogP contribution in [0, 0.1) is 0 Å². The molecule has 1 saturated carbocycles. The summed E-state index contributed by atoms with van der Waals surface area (Å²) in [6.07, 6.45) is 3.98. The zero-order valence-electron chi connectivity index (χ0n) is 15.5. The Bertz CT molecular complexity index is 1190. The highest BCUT2D eigenvalue weighted by Gasteiger charge is 2.35. The molecule has 5 rings (SSSR count). The first-order valence-corrected chi connectivity index (χ1v) is 11.7. The summed E-state index contributed by atoms with van der Waals surface area (Å²) in [6.45, 7) is 1.56. The number of anilines is 3. The highest BCUT2D eigenvalue weighted by Crippen LogP contribution is 2.43. The second-order valence-corrected chi connectivity index (χ2v) is 9.93. The Kier molecular flexibility index (Phi) is 4.53. The van der Waals surface area contributed by atoms with Gasteiger partial charge in [0.25, 0.3) is 10.0 Å². The number of nitrogens with zero attached hydrogens (tertiary/aromatic N) is 3. The summed E-state index contributed by atoms with van der Waals surface area (Å²) in [4.78, 5) is 4.49. The van der Waals surface area contributed by atoms with Crippen LogP contribution in [0.3, 0.4) is 0 Å². The van der Waals surface area contributed by atoms with Crippen molar-refractivity contribution in [2.45, 2.75) is 23.8 Å². The lowest BCUT2D eigenvalue weighted by Crippen LogP contribution is -2.41. The normalized spacial score (nSPS) is 16.8. The molecule has 0 atom stereocenters. The molecular formula is C21H19Cl2N3O2S. The van der Waals surface area contributed by atoms with E-state index in [1.54, 1.807) is 18.3 Å². The predicted octanol–water partition coefficient (Wildman–Crippen LogP) is 5.15. The smallest absolute Gasteiger partial charge is 0.270 e. The molecule has 3 aromatic rings. The lowest BCUT2D eigenvalue weighted by molar-refractivity contribution is 0.587. The molecule has 2 aromatic carbocycles. The molecule has 29 heavy (non-hydrogen) atoms. The molecule has 1 aliphatic carbocycles. The Morgan fingerprint density at radius 2 is 1.66 bits per heavy atom. The van der Waals surface area contributed by atoms with Crippen LogP contribution in [0.25, 0.3) is 0 Å². The number of fused-ring (bicyclic) bond motifs is 1. The van der Waals surface area contributed by atoms with Crippen molar-refractivity contribution in [1.82, 2.24) is 3.97 Å². The Hall–Kier alpha value is -2.15. The average Bonchev–Trinajstić information content (AvgIpc) is 3.44. The van der Waals surface area contributed by atoms with Crippen LogP contribution in [-0.4, -0.2) is 31.5 Å². The van der Waals surface area contributed by atoms with Gasteiger partial charge in [-0.1, -0.05) is 35.3 Å². The van der Waals surface area contributed by atoms with Crippen molar-refractivity contribution in [3.8, 4) is 0 Å². The fourth-order valence-electron chi connectivity index (χ4n) is 3.94. The van der Waals surface area contributed by atoms with Crippen molar-refractivity contribution in [2.24, 2.45) is 0 Å². The molecule has 0 spiro atoms. The van der Waals surface area contributed by atoms with Crippen LogP contribution in [0.2, 0.25) is 10.0 Å². The molecule has 0 saturated heterocycles. The van der Waals surface area contributed by atoms with Gasteiger partial charge in [0.05, 0.1) is 16.4 Å². The molecule has 1 aromatic heterocycles. The molecule has 0 bridgehead atoms. The van der Waals surface area contributed by atoms with E-state index in [-0.39, 0.29) is 9.92 Å². The molecule has 8 heteroatoms. The van der Waals surface area contributed by atoms with Gasteiger partial charge in [0.1, 0.15) is 10.7 Å². The molecule has 0 unspecified atom stereocenters. The van der Waals surface area contributed by atoms with Crippen LogP contribution in [0.4, 0.5) is 17.2 Å². The Morgan fingerprint density at radius 1 is 0.897 bits per heavy atom. The summed E-state index contributed by atoms with van der Waals surface area (Å²) in [5.74, 6) is 0.587. The number of hydrogen-bond donors (Lipinski definition) is 0. The Balaban J connectivity index is 1.61. The van der Waals surface area contributed by atoms with Crippen molar-refractivity contribution in [1.29, 1.82) is 0 Å². The lowest BCUT2D eigenvalue weighted by Gasteiger charge is -2.39. The fraction of sp³-hybridized carbons (Fsp3) is 0.238. The predicted molar refractivity (Wildman–Crippen MR) is 117 cm³/mol. The molecule has 2 heterocycles. The van der Waals surface area contributed by atoms with Crippen molar-refractivity contribution in [3.05, 3.63) is 70.8 Å². The van der Waals surface area contributed by atoms with Crippen molar-refractivity contribution < 1.29 is 8.42 Å². The standard InChI is InChI=1S/C21H19Cl2N3O2S/c22-15-7-10-17(23)20(14-15)29(27,28)26-11-3-6-21(26)25-13-12-24(16-8-9-16)18-4-1-2-5-19(18)25/h1-7,10-11,14,16H,8-9,12-13H2. The largest absolute Gasteiger partial charge is 0.365 e. The Labute approximate surface area is 180 Å². The molecule has 2 aliphatic rings. The highest BCUT2D eigenvalue weighted by atomic mass is 35.5. The minimum Gasteiger partial charge on any atom is -0.365 e. The van der Waals surface area contributed by atoms with E-state index in [0.29, 0.717) is 23.4 Å². The van der Waals surface area contributed by atoms with Crippen LogP contribution >= 0.6 is 23.2 Å². The molecule has 5 nitrogen and oxygen atoms in total. The monoisotopic (exact) mass is 447 g/mol. The van der Waals surface area contributed by atoms with Gasteiger partial charge in [-0.3, -0.25) is 0 Å². The van der Waals surface area contributed by atoms with Gasteiger partial charge in [-0.15, -0.1) is 0 Å². The van der Waals surface area contributed by atoms with Gasteiger partial charge in [0.2, 0.25) is 0 Å². The van der Waals surface area contributed by atoms with Gasteiger partial charge in [0, 0.05) is 30.4 Å². The number of benzene rings is 2. The first-order valence-electron chi connectivity index (χ1n) is 9.48. The van der Waals surface area contributed by atoms with E-state index in [4.69, 9.17) is 23.2 Å². The van der Waals surface area contributed by atoms with Crippen molar-refractivity contribution >= 4 is 50.4 Å². The minimum absolute atomic E-state index is 0.00554. The van der Waals surface area contributed by atoms with Crippen molar-refractivity contribution in [3.63, 3.8) is 0 Å². The van der Waals surface area contributed by atoms with Crippen LogP contribution in [0.5, 0.6) is 0 Å². The van der Waals surface area contributed by atoms with E-state index in [0.717, 1.165) is 17.9 Å². The number of rotatable bonds is 4. The summed E-state index contributed by atoms with van der Waals surface area (Å²) >= 11 is 12.2. The molecular weight excluding hydrogens is 429 g/mol. The van der Waals surface area contributed by atoms with Gasteiger partial charge in [-0.2, -0.15) is 0 Å². The van der Waals surface area contributed by atoms with Crippen LogP contribution in [0.1, 0.15) is 12.8 Å². The number of halogens is 2. The molecule has 0 amide bonds. The maximum Gasteiger partial charge on any atom is 0.270 e. The molecule has 0 N–H and O–H groups in total. The van der Waals surface area contributed by atoms with Crippen molar-refractivity contribution in [2.75, 3.05) is 22.9 Å². The van der Waals surface area contributed by atoms with Crippen LogP contribution in [0.15, 0.2) is 65.7 Å². The van der Waals surface area contributed by atoms with Crippen LogP contribution in [-0.2, 0) is 10.0 Å². The van der Waals surface area contributed by atoms with Gasteiger partial charge in [-0.25, -0.2) is 12.4 Å². The summed E-state index contributed by atoms with van der Waals surface area (Å²) in [6, 6.07) is 16.8. The molecule has 1 fully saturated rings. The summed E-state index contributed by atoms with van der Waals surface area (Å²) in [5.41, 5.74) is 2.16. The zero-order valence-corrected chi connectivity index (χ0v) is 17.8. The minimum atomic E-state index is -3.90. The third-order valence-electron chi connectivity index (χ3n) is 5.43. The fourth-order valence-corrected chi connectivity index (χ4v) is 6.02. The van der Waals surface area contributed by atoms with E-state index >= 15 is 0 Å². The van der Waals surface area contributed by atoms with Gasteiger partial charge < -0.3 is 9.80 Å². The first-order chi connectivity index (χ1) is 14.0. The van der Waals surface area contributed by atoms with Gasteiger partial charge in [0.15, 0.2) is 0 Å². The third kappa shape index (κ3) is 3.19. The first kappa shape index (κ1) is 18.9. The maximum atomic E-state index is 13.4. The summed E-state index contributed by atoms with van der Waals surface area (Å²) in [7, 11) is -3.90. The zero-order chi connectivity index (χ0) is 20.2. The van der Waals surface area contributed by atoms with Crippen LogP contribution < -0.4 is 9.80 Å². The molecule has 0 radical (unpaired) electrons. The Morgan fingerprint density at radius 3 is 2.41 bits per heavy atom. The maximum absolute atomic E-state index is 13.4. The van der Waals surface area contributed by atoms with E-state index in [9.17, 15) is 8.42 Å². The van der Waals surface area contributed by atoms with Gasteiger partial charge in [-0.05, 0) is 55.3 Å². The second kappa shape index (κ2) is 6.97. The summed E-state index contributed by atoms with van der Waals surface area (Å²) < 4.78 is 28.1. The van der Waals surface area contributed by atoms with E-state index < -0.39 is 10.0 Å². The highest BCUT2D eigenvalue weighted by molar-refractivity contribution is 7.90. The van der Waals surface area contributed by atoms with E-state index in [1.807, 2.05) is 24.3 Å². The summed E-state index contributed by atoms with van der Waals surface area (Å²) in [5, 5.41) is 0.470. The molecule has 1 aliphatic heterocycles.